The van der Waals surface area contributed by atoms with Gasteiger partial charge < -0.3 is 0 Å². The van der Waals surface area contributed by atoms with Crippen LogP contribution in [0.1, 0.15) is 15.9 Å². The molecule has 0 bridgehead atoms. The van der Waals surface area contributed by atoms with Gasteiger partial charge in [-0.25, -0.2) is 17.5 Å². The quantitative estimate of drug-likeness (QED) is 0.661. The van der Waals surface area contributed by atoms with E-state index < -0.39 is 28.2 Å². The topological polar surface area (TPSA) is 76.1 Å². The van der Waals surface area contributed by atoms with Gasteiger partial charge >= 0.3 is 0 Å². The average molecular weight is 384 g/mol. The maximum Gasteiger partial charge on any atom is 0.240 e. The van der Waals surface area contributed by atoms with E-state index in [4.69, 9.17) is 0 Å². The number of aromatic nitrogens is 1. The number of ketones is 1. The molecule has 0 aliphatic heterocycles. The normalized spacial score (nSPS) is 11.3. The van der Waals surface area contributed by atoms with Gasteiger partial charge in [0.25, 0.3) is 0 Å². The maximum atomic E-state index is 14.5. The van der Waals surface area contributed by atoms with E-state index >= 15 is 0 Å². The number of nitrogens with zero attached hydrogens (tertiary/aromatic N) is 1. The Hall–Kier alpha value is -2.90. The maximum absolute atomic E-state index is 14.5. The van der Waals surface area contributed by atoms with Crippen LogP contribution < -0.4 is 4.72 Å². The van der Waals surface area contributed by atoms with E-state index in [2.05, 4.69) is 9.71 Å². The monoisotopic (exact) mass is 384 g/mol. The number of nitrogens with one attached hydrogen (secondary N) is 1. The van der Waals surface area contributed by atoms with Crippen molar-refractivity contribution in [3.63, 3.8) is 0 Å². The van der Waals surface area contributed by atoms with E-state index in [1.807, 2.05) is 0 Å². The molecule has 1 N–H and O–H groups in total. The van der Waals surface area contributed by atoms with Gasteiger partial charge in [0.15, 0.2) is 5.78 Å². The van der Waals surface area contributed by atoms with Gasteiger partial charge in [0.05, 0.1) is 17.0 Å². The van der Waals surface area contributed by atoms with Gasteiger partial charge in [0.2, 0.25) is 10.0 Å². The summed E-state index contributed by atoms with van der Waals surface area (Å²) in [4.78, 5) is 16.5. The number of rotatable bonds is 6. The van der Waals surface area contributed by atoms with Crippen molar-refractivity contribution in [1.29, 1.82) is 0 Å². The van der Waals surface area contributed by atoms with Crippen LogP contribution in [0.3, 0.4) is 0 Å². The number of carbonyl (C=O) groups excluding carboxylic acids is 1. The second-order valence-corrected chi connectivity index (χ2v) is 7.72. The Balaban J connectivity index is 1.86. The highest BCUT2D eigenvalue weighted by Crippen LogP contribution is 2.24. The Morgan fingerprint density at radius 1 is 1.04 bits per heavy atom. The highest BCUT2D eigenvalue weighted by Gasteiger charge is 2.19. The van der Waals surface area contributed by atoms with E-state index in [1.165, 1.54) is 18.2 Å². The van der Waals surface area contributed by atoms with Crippen LogP contribution in [-0.4, -0.2) is 25.7 Å². The first-order chi connectivity index (χ1) is 12.9. The molecule has 0 aliphatic carbocycles. The zero-order valence-electron chi connectivity index (χ0n) is 14.5. The predicted octanol–water partition coefficient (Wildman–Crippen LogP) is 3.36. The minimum Gasteiger partial charge on any atom is -0.293 e. The van der Waals surface area contributed by atoms with Crippen LogP contribution in [0.2, 0.25) is 0 Å². The SMILES string of the molecule is Cc1cc(-c2ccncc2)cc(C(=O)CNS(=O)(=O)c2ccccc2)c1F. The van der Waals surface area contributed by atoms with Crippen molar-refractivity contribution < 1.29 is 17.6 Å². The lowest BCUT2D eigenvalue weighted by Gasteiger charge is -2.10. The van der Waals surface area contributed by atoms with Crippen LogP contribution in [0.5, 0.6) is 0 Å². The molecule has 1 aromatic heterocycles. The van der Waals surface area contributed by atoms with Gasteiger partial charge in [0.1, 0.15) is 5.82 Å². The fraction of sp³-hybridized carbons (Fsp3) is 0.100. The molecular formula is C20H17FN2O3S. The minimum atomic E-state index is -3.85. The molecule has 7 heteroatoms. The second kappa shape index (κ2) is 7.77. The van der Waals surface area contributed by atoms with Crippen LogP contribution in [0, 0.1) is 12.7 Å². The lowest BCUT2D eigenvalue weighted by Crippen LogP contribution is -2.30. The molecular weight excluding hydrogens is 367 g/mol. The molecule has 0 fully saturated rings. The number of sulfonamides is 1. The third-order valence-electron chi connectivity index (χ3n) is 4.04. The molecule has 27 heavy (non-hydrogen) atoms. The van der Waals surface area contributed by atoms with E-state index in [-0.39, 0.29) is 10.5 Å². The summed E-state index contributed by atoms with van der Waals surface area (Å²) in [5, 5.41) is 0. The summed E-state index contributed by atoms with van der Waals surface area (Å²) in [7, 11) is -3.85. The first-order valence-electron chi connectivity index (χ1n) is 8.17. The summed E-state index contributed by atoms with van der Waals surface area (Å²) in [6, 6.07) is 14.2. The molecule has 0 amide bonds. The molecule has 5 nitrogen and oxygen atoms in total. The molecule has 0 spiro atoms. The summed E-state index contributed by atoms with van der Waals surface area (Å²) < 4.78 is 41.2. The van der Waals surface area contributed by atoms with Crippen molar-refractivity contribution in [2.24, 2.45) is 0 Å². The van der Waals surface area contributed by atoms with E-state index in [0.29, 0.717) is 11.1 Å². The van der Waals surface area contributed by atoms with Gasteiger partial charge in [0, 0.05) is 12.4 Å². The molecule has 1 heterocycles. The number of hydrogen-bond donors (Lipinski definition) is 1. The van der Waals surface area contributed by atoms with Crippen molar-refractivity contribution in [3.05, 3.63) is 83.9 Å². The van der Waals surface area contributed by atoms with Gasteiger partial charge in [-0.1, -0.05) is 18.2 Å². The van der Waals surface area contributed by atoms with Crippen molar-refractivity contribution in [2.45, 2.75) is 11.8 Å². The molecule has 0 saturated carbocycles. The molecule has 0 radical (unpaired) electrons. The Labute approximate surface area is 156 Å². The van der Waals surface area contributed by atoms with Gasteiger partial charge in [-0.15, -0.1) is 0 Å². The fourth-order valence-corrected chi connectivity index (χ4v) is 3.63. The van der Waals surface area contributed by atoms with Crippen LogP contribution >= 0.6 is 0 Å². The van der Waals surface area contributed by atoms with Gasteiger partial charge in [-0.3, -0.25) is 9.78 Å². The summed E-state index contributed by atoms with van der Waals surface area (Å²) in [5.74, 6) is -1.30. The molecule has 0 saturated heterocycles. The smallest absolute Gasteiger partial charge is 0.240 e. The lowest BCUT2D eigenvalue weighted by molar-refractivity contribution is 0.0993. The number of Topliss-reactive ketones (excluding diaryl/α,β-unsaturated/α-hetero) is 1. The Bertz CT molecular complexity index is 1070. The van der Waals surface area contributed by atoms with Gasteiger partial charge in [-0.05, 0) is 60.0 Å². The predicted molar refractivity (Wildman–Crippen MR) is 100 cm³/mol. The van der Waals surface area contributed by atoms with Crippen LogP contribution in [-0.2, 0) is 10.0 Å². The zero-order chi connectivity index (χ0) is 19.4. The minimum absolute atomic E-state index is 0.0417. The molecule has 0 unspecified atom stereocenters. The van der Waals surface area contributed by atoms with Crippen molar-refractivity contribution in [2.75, 3.05) is 6.54 Å². The third kappa shape index (κ3) is 4.27. The zero-order valence-corrected chi connectivity index (χ0v) is 15.3. The molecule has 138 valence electrons. The highest BCUT2D eigenvalue weighted by molar-refractivity contribution is 7.89. The second-order valence-electron chi connectivity index (χ2n) is 5.95. The number of pyridine rings is 1. The molecule has 3 aromatic rings. The lowest BCUT2D eigenvalue weighted by atomic mass is 9.98. The van der Waals surface area contributed by atoms with E-state index in [1.54, 1.807) is 55.7 Å². The highest BCUT2D eigenvalue weighted by atomic mass is 32.2. The van der Waals surface area contributed by atoms with Crippen molar-refractivity contribution in [1.82, 2.24) is 9.71 Å². The van der Waals surface area contributed by atoms with E-state index in [0.717, 1.165) is 5.56 Å². The number of carbonyl (C=O) groups is 1. The molecule has 0 aliphatic rings. The van der Waals surface area contributed by atoms with E-state index in [9.17, 15) is 17.6 Å². The van der Waals surface area contributed by atoms with Gasteiger partial charge in [-0.2, -0.15) is 0 Å². The first kappa shape index (κ1) is 18.9. The average Bonchev–Trinajstić information content (AvgIpc) is 2.69. The molecule has 2 aromatic carbocycles. The van der Waals surface area contributed by atoms with Crippen LogP contribution in [0.25, 0.3) is 11.1 Å². The number of hydrogen-bond acceptors (Lipinski definition) is 4. The third-order valence-corrected chi connectivity index (χ3v) is 5.46. The summed E-state index contributed by atoms with van der Waals surface area (Å²) >= 11 is 0. The Kier molecular flexibility index (Phi) is 5.43. The van der Waals surface area contributed by atoms with Crippen molar-refractivity contribution >= 4 is 15.8 Å². The number of halogens is 1. The summed E-state index contributed by atoms with van der Waals surface area (Å²) in [6.07, 6.45) is 3.20. The first-order valence-corrected chi connectivity index (χ1v) is 9.65. The standard InChI is InChI=1S/C20H17FN2O3S/c1-14-11-16(15-7-9-22-10-8-15)12-18(20(14)21)19(24)13-23-27(25,26)17-5-3-2-4-6-17/h2-12,23H,13H2,1H3. The number of aryl methyl sites for hydroxylation is 1. The largest absolute Gasteiger partial charge is 0.293 e. The summed E-state index contributed by atoms with van der Waals surface area (Å²) in [6.45, 7) is 1.03. The summed E-state index contributed by atoms with van der Waals surface area (Å²) in [5.41, 5.74) is 1.59. The van der Waals surface area contributed by atoms with Crippen molar-refractivity contribution in [3.8, 4) is 11.1 Å². The Morgan fingerprint density at radius 3 is 2.37 bits per heavy atom. The molecule has 0 atom stereocenters. The van der Waals surface area contributed by atoms with Crippen LogP contribution in [0.15, 0.2) is 71.9 Å². The number of benzene rings is 2. The fourth-order valence-electron chi connectivity index (χ4n) is 2.62. The molecule has 3 rings (SSSR count). The Morgan fingerprint density at radius 2 is 1.70 bits per heavy atom. The van der Waals surface area contributed by atoms with Crippen LogP contribution in [0.4, 0.5) is 4.39 Å².